The molecule has 0 fully saturated rings. The van der Waals surface area contributed by atoms with Gasteiger partial charge >= 0.3 is 85.9 Å². The molecular weight excluding hydrogens is 408 g/mol. The number of hydrogen-bond acceptors (Lipinski definition) is 0. The van der Waals surface area contributed by atoms with Gasteiger partial charge in [-0.2, -0.15) is 0 Å². The average molecular weight is 419 g/mol. The van der Waals surface area contributed by atoms with Crippen molar-refractivity contribution in [3.63, 3.8) is 0 Å². The van der Waals surface area contributed by atoms with E-state index in [0.717, 1.165) is 6.42 Å². The molecule has 0 spiro atoms. The Balaban J connectivity index is 4.15. The molecule has 0 aliphatic heterocycles. The molecule has 0 aromatic rings. The van der Waals surface area contributed by atoms with E-state index in [4.69, 9.17) is 0 Å². The van der Waals surface area contributed by atoms with Crippen LogP contribution in [0.2, 0.25) is 0 Å². The van der Waals surface area contributed by atoms with Gasteiger partial charge in [0.1, 0.15) is 0 Å². The van der Waals surface area contributed by atoms with Crippen molar-refractivity contribution in [1.29, 1.82) is 0 Å². The van der Waals surface area contributed by atoms with Gasteiger partial charge in [0.15, 0.2) is 0 Å². The van der Waals surface area contributed by atoms with Gasteiger partial charge in [-0.05, 0) is 0 Å². The van der Waals surface area contributed by atoms with Gasteiger partial charge in [0.05, 0.1) is 0 Å². The molecule has 0 atom stereocenters. The summed E-state index contributed by atoms with van der Waals surface area (Å²) in [5.74, 6) is 0. The van der Waals surface area contributed by atoms with Crippen molar-refractivity contribution in [2.75, 3.05) is 0 Å². The molecule has 0 amide bonds. The molecule has 0 N–H and O–H groups in total. The Labute approximate surface area is 84.9 Å². The zero-order chi connectivity index (χ0) is 8.41. The normalized spacial score (nSPS) is 13.0. The van der Waals surface area contributed by atoms with Crippen molar-refractivity contribution in [3.05, 3.63) is 0 Å². The van der Waals surface area contributed by atoms with E-state index in [9.17, 15) is 0 Å². The SMILES string of the molecule is CC(C)(C)C[C]#[Mo]([Br])([Br])[Br]. The van der Waals surface area contributed by atoms with E-state index < -0.39 is 9.23 Å². The molecule has 0 aliphatic rings. The second-order valence-electron chi connectivity index (χ2n) is 3.29. The molecule has 0 aromatic heterocycles. The van der Waals surface area contributed by atoms with Crippen molar-refractivity contribution in [3.8, 4) is 4.20 Å². The molecule has 0 nitrogen and oxygen atoms in total. The fourth-order valence-electron chi connectivity index (χ4n) is 0.298. The molecular formula is C6H11Br3Mo. The van der Waals surface area contributed by atoms with Crippen LogP contribution in [0.1, 0.15) is 27.2 Å². The molecule has 0 saturated heterocycles. The van der Waals surface area contributed by atoms with Crippen molar-refractivity contribution < 1.29 is 9.23 Å². The summed E-state index contributed by atoms with van der Waals surface area (Å²) < 4.78 is 3.40. The summed E-state index contributed by atoms with van der Waals surface area (Å²) in [6.07, 6.45) is 1.02. The van der Waals surface area contributed by atoms with Gasteiger partial charge in [-0.25, -0.2) is 0 Å². The zero-order valence-corrected chi connectivity index (χ0v) is 13.0. The van der Waals surface area contributed by atoms with Gasteiger partial charge in [0, 0.05) is 0 Å². The van der Waals surface area contributed by atoms with Crippen LogP contribution in [0.5, 0.6) is 0 Å². The van der Waals surface area contributed by atoms with Gasteiger partial charge < -0.3 is 0 Å². The standard InChI is InChI=1S/C6H11.3BrH.Mo/c1-5-6(2,3)4;;;;/h5H2,2-4H3;3*1H;/q;;;;+3/p-3. The predicted molar refractivity (Wildman–Crippen MR) is 54.7 cm³/mol. The quantitative estimate of drug-likeness (QED) is 0.509. The van der Waals surface area contributed by atoms with Crippen LogP contribution in [-0.4, -0.2) is 0 Å². The minimum atomic E-state index is -2.05. The Bertz CT molecular complexity index is 193. The van der Waals surface area contributed by atoms with Crippen molar-refractivity contribution in [2.24, 2.45) is 5.41 Å². The molecule has 10 heavy (non-hydrogen) atoms. The van der Waals surface area contributed by atoms with Crippen molar-refractivity contribution >= 4 is 39.9 Å². The molecule has 0 heterocycles. The third-order valence-electron chi connectivity index (χ3n) is 0.766. The Morgan fingerprint density at radius 3 is 1.70 bits per heavy atom. The first kappa shape index (κ1) is 11.9. The van der Waals surface area contributed by atoms with Gasteiger partial charge in [-0.1, -0.05) is 0 Å². The third kappa shape index (κ3) is 9.91. The van der Waals surface area contributed by atoms with E-state index in [0.29, 0.717) is 5.41 Å². The number of hydrogen-bond donors (Lipinski definition) is 0. The van der Waals surface area contributed by atoms with Crippen molar-refractivity contribution in [1.82, 2.24) is 0 Å². The molecule has 0 saturated carbocycles. The molecule has 0 bridgehead atoms. The second kappa shape index (κ2) is 4.23. The first-order valence-electron chi connectivity index (χ1n) is 2.87. The van der Waals surface area contributed by atoms with Crippen LogP contribution in [0.4, 0.5) is 0 Å². The van der Waals surface area contributed by atoms with Crippen LogP contribution in [0.3, 0.4) is 0 Å². The van der Waals surface area contributed by atoms with E-state index in [1.807, 2.05) is 0 Å². The summed E-state index contributed by atoms with van der Waals surface area (Å²) >= 11 is 10.6. The molecule has 0 unspecified atom stereocenters. The fraction of sp³-hybridized carbons (Fsp3) is 0.833. The molecule has 0 radical (unpaired) electrons. The summed E-state index contributed by atoms with van der Waals surface area (Å²) in [5.41, 5.74) is 0.354. The Morgan fingerprint density at radius 2 is 1.60 bits per heavy atom. The van der Waals surface area contributed by atoms with E-state index in [-0.39, 0.29) is 0 Å². The fourth-order valence-corrected chi connectivity index (χ4v) is 3.80. The van der Waals surface area contributed by atoms with Crippen LogP contribution in [0.15, 0.2) is 0 Å². The maximum atomic E-state index is 3.54. The minimum absolute atomic E-state index is 0.354. The summed E-state index contributed by atoms with van der Waals surface area (Å²) in [5, 5.41) is 0. The summed E-state index contributed by atoms with van der Waals surface area (Å²) in [7, 11) is -2.05. The first-order chi connectivity index (χ1) is 4.21. The maximum absolute atomic E-state index is 3.54. The van der Waals surface area contributed by atoms with Crippen LogP contribution < -0.4 is 0 Å². The number of rotatable bonds is 0. The number of halogens is 3. The Hall–Kier alpha value is 1.91. The Kier molecular flexibility index (Phi) is 5.04. The summed E-state index contributed by atoms with van der Waals surface area (Å²) in [4.78, 5) is 0. The van der Waals surface area contributed by atoms with Gasteiger partial charge in [0.2, 0.25) is 0 Å². The Morgan fingerprint density at radius 1 is 1.20 bits per heavy atom. The zero-order valence-electron chi connectivity index (χ0n) is 6.25. The molecule has 0 aliphatic carbocycles. The predicted octanol–water partition coefficient (Wildman–Crippen LogP) is 4.47. The molecule has 0 aromatic carbocycles. The monoisotopic (exact) mass is 418 g/mol. The second-order valence-corrected chi connectivity index (χ2v) is 38.7. The van der Waals surface area contributed by atoms with Crippen LogP contribution in [0.25, 0.3) is 0 Å². The van der Waals surface area contributed by atoms with E-state index >= 15 is 0 Å². The summed E-state index contributed by atoms with van der Waals surface area (Å²) in [6, 6.07) is 0. The van der Waals surface area contributed by atoms with E-state index in [2.05, 4.69) is 64.9 Å². The molecule has 62 valence electrons. The van der Waals surface area contributed by atoms with Gasteiger partial charge in [-0.15, -0.1) is 0 Å². The molecule has 4 heteroatoms. The van der Waals surface area contributed by atoms with Crippen LogP contribution >= 0.6 is 39.9 Å². The average Bonchev–Trinajstić information content (AvgIpc) is 1.57. The van der Waals surface area contributed by atoms with Gasteiger partial charge in [0.25, 0.3) is 0 Å². The van der Waals surface area contributed by atoms with Crippen molar-refractivity contribution in [2.45, 2.75) is 27.2 Å². The third-order valence-corrected chi connectivity index (χ3v) is 5.99. The van der Waals surface area contributed by atoms with E-state index in [1.54, 1.807) is 0 Å². The molecule has 0 rings (SSSR count). The van der Waals surface area contributed by atoms with Gasteiger partial charge in [-0.3, -0.25) is 0 Å². The summed E-state index contributed by atoms with van der Waals surface area (Å²) in [6.45, 7) is 6.63. The first-order valence-corrected chi connectivity index (χ1v) is 17.6. The van der Waals surface area contributed by atoms with E-state index in [1.165, 1.54) is 0 Å². The van der Waals surface area contributed by atoms with Crippen LogP contribution in [0, 0.1) is 9.62 Å². The topological polar surface area (TPSA) is 0 Å². The van der Waals surface area contributed by atoms with Crippen LogP contribution in [-0.2, 0) is 9.23 Å².